The van der Waals surface area contributed by atoms with Crippen molar-refractivity contribution in [1.29, 1.82) is 0 Å². The Labute approximate surface area is 341 Å². The van der Waals surface area contributed by atoms with Crippen molar-refractivity contribution in [3.63, 3.8) is 0 Å². The number of rotatable bonds is 18. The van der Waals surface area contributed by atoms with Gasteiger partial charge in [-0.2, -0.15) is 0 Å². The van der Waals surface area contributed by atoms with Crippen LogP contribution >= 0.6 is 0 Å². The smallest absolute Gasteiger partial charge is 0.333 e. The maximum atomic E-state index is 12.2. The highest BCUT2D eigenvalue weighted by atomic mass is 16.7. The van der Waals surface area contributed by atoms with Crippen LogP contribution in [-0.2, 0) is 85.7 Å². The van der Waals surface area contributed by atoms with Crippen LogP contribution in [0.2, 0.25) is 0 Å². The van der Waals surface area contributed by atoms with Gasteiger partial charge in [0.05, 0.1) is 19.3 Å². The van der Waals surface area contributed by atoms with E-state index in [0.29, 0.717) is 0 Å². The standard InChI is InChI=1S/C22H28O9.C19H22O9/c1-11(2)19(23)28-9-15-17(30-21(25)13(5)6)18(31-22(26)14(7)8)16(10-27-15)29-20(24)12(3)4;1-5-15(20)25-10-12-9-13(26-16(21)6-2)19(28-18(23)8-4)14(11-24-12)27-17(22)7-3/h15-18H,1,3,5,7,9-10H2,2,4,6,8H3;5-8,12-14,19H,1-4,9-11H2/t15?,16-,17?,18-;12?,13?,14-,19+/m11/s1. The fraction of sp³-hybridized carbons (Fsp3) is 0.415. The molecule has 0 spiro atoms. The second-order valence-electron chi connectivity index (χ2n) is 12.8. The topological polar surface area (TPSA) is 229 Å². The molecule has 0 bridgehead atoms. The fourth-order valence-corrected chi connectivity index (χ4v) is 4.65. The molecule has 322 valence electrons. The normalized spacial score (nSPS) is 23.1. The maximum Gasteiger partial charge on any atom is 0.333 e. The van der Waals surface area contributed by atoms with Crippen LogP contribution in [0.15, 0.2) is 99.2 Å². The summed E-state index contributed by atoms with van der Waals surface area (Å²) >= 11 is 0. The first-order chi connectivity index (χ1) is 27.7. The summed E-state index contributed by atoms with van der Waals surface area (Å²) in [4.78, 5) is 94.7. The van der Waals surface area contributed by atoms with Crippen molar-refractivity contribution >= 4 is 47.8 Å². The largest absolute Gasteiger partial charge is 0.460 e. The molecule has 0 N–H and O–H groups in total. The third-order valence-corrected chi connectivity index (χ3v) is 7.64. The first kappa shape index (κ1) is 50.6. The molecule has 2 aliphatic rings. The molecule has 0 radical (unpaired) electrons. The molecular weight excluding hydrogens is 780 g/mol. The van der Waals surface area contributed by atoms with Crippen LogP contribution in [0.3, 0.4) is 0 Å². The molecule has 2 heterocycles. The fourth-order valence-electron chi connectivity index (χ4n) is 4.65. The van der Waals surface area contributed by atoms with E-state index in [4.69, 9.17) is 47.4 Å². The first-order valence-electron chi connectivity index (χ1n) is 17.6. The second kappa shape index (κ2) is 25.1. The zero-order chi connectivity index (χ0) is 45.0. The van der Waals surface area contributed by atoms with Crippen molar-refractivity contribution in [2.75, 3.05) is 26.4 Å². The van der Waals surface area contributed by atoms with Gasteiger partial charge in [-0.3, -0.25) is 0 Å². The highest BCUT2D eigenvalue weighted by Crippen LogP contribution is 2.27. The highest BCUT2D eigenvalue weighted by Gasteiger charge is 2.48. The Balaban J connectivity index is 0.000000593. The van der Waals surface area contributed by atoms with Gasteiger partial charge >= 0.3 is 47.8 Å². The van der Waals surface area contributed by atoms with Crippen LogP contribution in [0.25, 0.3) is 0 Å². The number of ether oxygens (including phenoxy) is 10. The van der Waals surface area contributed by atoms with E-state index in [1.165, 1.54) is 27.7 Å². The van der Waals surface area contributed by atoms with Crippen molar-refractivity contribution in [2.45, 2.75) is 82.9 Å². The Morgan fingerprint density at radius 2 is 0.898 bits per heavy atom. The molecule has 0 aromatic heterocycles. The Bertz CT molecular complexity index is 1700. The van der Waals surface area contributed by atoms with Crippen molar-refractivity contribution in [3.8, 4) is 0 Å². The van der Waals surface area contributed by atoms with E-state index < -0.39 is 96.6 Å². The van der Waals surface area contributed by atoms with Crippen molar-refractivity contribution < 1.29 is 85.7 Å². The third kappa shape index (κ3) is 17.3. The zero-order valence-electron chi connectivity index (χ0n) is 33.5. The molecule has 18 nitrogen and oxygen atoms in total. The van der Waals surface area contributed by atoms with E-state index in [0.717, 1.165) is 24.3 Å². The molecule has 0 aromatic rings. The predicted molar refractivity (Wildman–Crippen MR) is 205 cm³/mol. The van der Waals surface area contributed by atoms with Crippen molar-refractivity contribution in [3.05, 3.63) is 99.2 Å². The van der Waals surface area contributed by atoms with Gasteiger partial charge in [-0.25, -0.2) is 38.4 Å². The van der Waals surface area contributed by atoms with Crippen LogP contribution < -0.4 is 0 Å². The molecule has 2 aliphatic heterocycles. The van der Waals surface area contributed by atoms with E-state index >= 15 is 0 Å². The number of carbonyl (C=O) groups excluding carboxylic acids is 8. The maximum absolute atomic E-state index is 12.2. The summed E-state index contributed by atoms with van der Waals surface area (Å²) in [6.45, 7) is 32.1. The summed E-state index contributed by atoms with van der Waals surface area (Å²) in [7, 11) is 0. The summed E-state index contributed by atoms with van der Waals surface area (Å²) in [5.41, 5.74) is 0.415. The average molecular weight is 831 g/mol. The summed E-state index contributed by atoms with van der Waals surface area (Å²) in [6, 6.07) is 0. The molecular formula is C41H50O18. The molecule has 2 rings (SSSR count). The molecule has 0 amide bonds. The predicted octanol–water partition coefficient (Wildman–Crippen LogP) is 2.77. The number of hydrogen-bond acceptors (Lipinski definition) is 18. The monoisotopic (exact) mass is 830 g/mol. The Morgan fingerprint density at radius 3 is 1.39 bits per heavy atom. The molecule has 2 fully saturated rings. The van der Waals surface area contributed by atoms with Crippen molar-refractivity contribution in [2.24, 2.45) is 0 Å². The Kier molecular flexibility index (Phi) is 21.5. The quantitative estimate of drug-likeness (QED) is 0.110. The minimum atomic E-state index is -1.28. The van der Waals surface area contributed by atoms with E-state index in [1.807, 2.05) is 0 Å². The zero-order valence-corrected chi connectivity index (χ0v) is 33.5. The highest BCUT2D eigenvalue weighted by molar-refractivity contribution is 5.89. The second-order valence-corrected chi connectivity index (χ2v) is 12.8. The number of hydrogen-bond donors (Lipinski definition) is 0. The molecule has 0 aliphatic carbocycles. The van der Waals surface area contributed by atoms with Crippen LogP contribution in [0.1, 0.15) is 34.1 Å². The lowest BCUT2D eigenvalue weighted by Gasteiger charge is -2.40. The van der Waals surface area contributed by atoms with Crippen LogP contribution in [-0.4, -0.2) is 123 Å². The number of esters is 8. The van der Waals surface area contributed by atoms with Gasteiger partial charge in [0.25, 0.3) is 0 Å². The minimum absolute atomic E-state index is 0.0127. The summed E-state index contributed by atoms with van der Waals surface area (Å²) in [5.74, 6) is -6.09. The SMILES string of the molecule is C=C(C)C(=O)OCC1OC[C@@H](OC(=O)C(=C)C)[C@@H](OC(=O)C(=C)C)C1OC(=O)C(=C)C.C=CC(=O)OCC1CC(OC(=O)C=C)[C@H](OC(=O)C=C)[C@H](OC(=O)C=C)CO1. The molecule has 4 unspecified atom stereocenters. The summed E-state index contributed by atoms with van der Waals surface area (Å²) in [6.07, 6.45) is -5.07. The van der Waals surface area contributed by atoms with E-state index in [9.17, 15) is 38.4 Å². The molecule has 0 aromatic carbocycles. The van der Waals surface area contributed by atoms with Crippen LogP contribution in [0.4, 0.5) is 0 Å². The third-order valence-electron chi connectivity index (χ3n) is 7.64. The number of carbonyl (C=O) groups is 8. The Morgan fingerprint density at radius 1 is 0.475 bits per heavy atom. The minimum Gasteiger partial charge on any atom is -0.460 e. The first-order valence-corrected chi connectivity index (χ1v) is 17.6. The van der Waals surface area contributed by atoms with E-state index in [2.05, 4.69) is 52.6 Å². The lowest BCUT2D eigenvalue weighted by Crippen LogP contribution is -2.59. The average Bonchev–Trinajstić information content (AvgIpc) is 3.34. The van der Waals surface area contributed by atoms with Crippen molar-refractivity contribution in [1.82, 2.24) is 0 Å². The Hall–Kier alpha value is -6.40. The van der Waals surface area contributed by atoms with Gasteiger partial charge in [0.2, 0.25) is 0 Å². The van der Waals surface area contributed by atoms with Gasteiger partial charge in [0, 0.05) is 53.0 Å². The van der Waals surface area contributed by atoms with Crippen LogP contribution in [0, 0.1) is 0 Å². The van der Waals surface area contributed by atoms with Gasteiger partial charge in [0.1, 0.15) is 25.4 Å². The van der Waals surface area contributed by atoms with Gasteiger partial charge in [-0.1, -0.05) is 52.6 Å². The van der Waals surface area contributed by atoms with E-state index in [-0.39, 0.29) is 55.1 Å². The molecule has 18 heteroatoms. The molecule has 2 saturated heterocycles. The van der Waals surface area contributed by atoms with Gasteiger partial charge in [-0.15, -0.1) is 0 Å². The van der Waals surface area contributed by atoms with Crippen LogP contribution in [0.5, 0.6) is 0 Å². The van der Waals surface area contributed by atoms with Gasteiger partial charge in [0.15, 0.2) is 30.5 Å². The molecule has 0 saturated carbocycles. The molecule has 59 heavy (non-hydrogen) atoms. The lowest BCUT2D eigenvalue weighted by atomic mass is 9.99. The molecule has 8 atom stereocenters. The lowest BCUT2D eigenvalue weighted by molar-refractivity contribution is -0.229. The van der Waals surface area contributed by atoms with Gasteiger partial charge < -0.3 is 47.4 Å². The van der Waals surface area contributed by atoms with Gasteiger partial charge in [-0.05, 0) is 27.7 Å². The summed E-state index contributed by atoms with van der Waals surface area (Å²) in [5, 5.41) is 0. The van der Waals surface area contributed by atoms with E-state index in [1.54, 1.807) is 0 Å². The summed E-state index contributed by atoms with van der Waals surface area (Å²) < 4.78 is 53.2.